The first kappa shape index (κ1) is 13.5. The summed E-state index contributed by atoms with van der Waals surface area (Å²) in [5.41, 5.74) is 4.08. The van der Waals surface area contributed by atoms with Crippen molar-refractivity contribution in [2.24, 2.45) is 9.98 Å². The first-order valence-electron chi connectivity index (χ1n) is 5.65. The van der Waals surface area contributed by atoms with Gasteiger partial charge in [-0.15, -0.1) is 0 Å². The molecule has 0 bridgehead atoms. The van der Waals surface area contributed by atoms with Crippen LogP contribution in [-0.4, -0.2) is 10.3 Å². The van der Waals surface area contributed by atoms with Gasteiger partial charge in [0.2, 0.25) is 0 Å². The largest absolute Gasteiger partial charge is 0.195 e. The molecule has 0 aromatic heterocycles. The first-order chi connectivity index (χ1) is 9.31. The maximum atomic E-state index is 4.57. The van der Waals surface area contributed by atoms with Crippen LogP contribution < -0.4 is 0 Å². The van der Waals surface area contributed by atoms with E-state index in [2.05, 4.69) is 44.7 Å². The fraction of sp³-hybridized carbons (Fsp3) is 0.0667. The van der Waals surface area contributed by atoms with Gasteiger partial charge in [0.15, 0.2) is 0 Å². The highest BCUT2D eigenvalue weighted by Gasteiger charge is 1.97. The highest BCUT2D eigenvalue weighted by Crippen LogP contribution is 2.17. The van der Waals surface area contributed by atoms with Crippen molar-refractivity contribution in [3.05, 3.63) is 59.7 Å². The lowest BCUT2D eigenvalue weighted by atomic mass is 10.0. The molecule has 0 unspecified atom stereocenters. The van der Waals surface area contributed by atoms with Crippen LogP contribution in [0.4, 0.5) is 11.4 Å². The zero-order chi connectivity index (χ0) is 13.5. The molecule has 19 heavy (non-hydrogen) atoms. The summed E-state index contributed by atoms with van der Waals surface area (Å²) in [5.74, 6) is 0. The Balaban J connectivity index is 2.11. The smallest absolute Gasteiger partial charge is 0.0739 e. The van der Waals surface area contributed by atoms with Crippen LogP contribution in [0.15, 0.2) is 58.5 Å². The Morgan fingerprint density at radius 1 is 0.684 bits per heavy atom. The topological polar surface area (TPSA) is 24.7 Å². The van der Waals surface area contributed by atoms with E-state index in [1.54, 1.807) is 0 Å². The molecule has 2 aromatic carbocycles. The second kappa shape index (κ2) is 6.83. The number of rotatable bonds is 4. The third-order valence-electron chi connectivity index (χ3n) is 2.63. The maximum absolute atomic E-state index is 4.57. The van der Waals surface area contributed by atoms with Crippen LogP contribution in [0, 0.1) is 0 Å². The third-order valence-corrected chi connectivity index (χ3v) is 2.81. The van der Waals surface area contributed by atoms with Gasteiger partial charge >= 0.3 is 0 Å². The molecule has 0 amide bonds. The van der Waals surface area contributed by atoms with Crippen LogP contribution in [-0.2, 0) is 6.42 Å². The lowest BCUT2D eigenvalue weighted by molar-refractivity contribution is 1.19. The average Bonchev–Trinajstić information content (AvgIpc) is 2.44. The van der Waals surface area contributed by atoms with Crippen LogP contribution in [0.25, 0.3) is 0 Å². The summed E-state index contributed by atoms with van der Waals surface area (Å²) in [6, 6.07) is 15.9. The van der Waals surface area contributed by atoms with Gasteiger partial charge in [-0.2, -0.15) is 9.98 Å². The number of benzene rings is 2. The quantitative estimate of drug-likeness (QED) is 0.597. The van der Waals surface area contributed by atoms with Crippen molar-refractivity contribution in [3.63, 3.8) is 0 Å². The number of hydrogen-bond acceptors (Lipinski definition) is 4. The van der Waals surface area contributed by atoms with Crippen LogP contribution in [0.5, 0.6) is 0 Å². The zero-order valence-corrected chi connectivity index (χ0v) is 11.7. The number of isothiocyanates is 2. The van der Waals surface area contributed by atoms with E-state index in [1.165, 1.54) is 11.1 Å². The Bertz CT molecular complexity index is 588. The predicted molar refractivity (Wildman–Crippen MR) is 85.1 cm³/mol. The van der Waals surface area contributed by atoms with Crippen LogP contribution in [0.1, 0.15) is 11.1 Å². The van der Waals surface area contributed by atoms with E-state index in [9.17, 15) is 0 Å². The monoisotopic (exact) mass is 282 g/mol. The van der Waals surface area contributed by atoms with Gasteiger partial charge in [0, 0.05) is 0 Å². The highest BCUT2D eigenvalue weighted by atomic mass is 32.1. The van der Waals surface area contributed by atoms with E-state index >= 15 is 0 Å². The summed E-state index contributed by atoms with van der Waals surface area (Å²) < 4.78 is 0. The summed E-state index contributed by atoms with van der Waals surface area (Å²) in [6.45, 7) is 0. The third kappa shape index (κ3) is 4.02. The molecule has 0 atom stereocenters. The number of aliphatic imine (C=N–C) groups is 2. The molecule has 0 spiro atoms. The molecule has 0 aliphatic carbocycles. The molecule has 0 aliphatic rings. The lowest BCUT2D eigenvalue weighted by Gasteiger charge is -2.02. The zero-order valence-electron chi connectivity index (χ0n) is 10.0. The van der Waals surface area contributed by atoms with Gasteiger partial charge < -0.3 is 0 Å². The minimum Gasteiger partial charge on any atom is -0.195 e. The molecule has 0 fully saturated rings. The summed E-state index contributed by atoms with van der Waals surface area (Å²) in [7, 11) is 0. The van der Waals surface area contributed by atoms with E-state index < -0.39 is 0 Å². The van der Waals surface area contributed by atoms with Crippen molar-refractivity contribution in [1.29, 1.82) is 0 Å². The van der Waals surface area contributed by atoms with Crippen molar-refractivity contribution in [2.75, 3.05) is 0 Å². The second-order valence-electron chi connectivity index (χ2n) is 3.92. The molecule has 92 valence electrons. The molecular weight excluding hydrogens is 272 g/mol. The van der Waals surface area contributed by atoms with Gasteiger partial charge in [-0.25, -0.2) is 0 Å². The van der Waals surface area contributed by atoms with Crippen LogP contribution in [0.3, 0.4) is 0 Å². The first-order valence-corrected chi connectivity index (χ1v) is 6.47. The van der Waals surface area contributed by atoms with Crippen molar-refractivity contribution in [2.45, 2.75) is 6.42 Å². The van der Waals surface area contributed by atoms with E-state index in [4.69, 9.17) is 0 Å². The van der Waals surface area contributed by atoms with Crippen molar-refractivity contribution in [3.8, 4) is 0 Å². The SMILES string of the molecule is S=C=Nc1ccc(Cc2ccc(N=C=S)cc2)cc1. The van der Waals surface area contributed by atoms with E-state index in [-0.39, 0.29) is 0 Å². The van der Waals surface area contributed by atoms with Crippen molar-refractivity contribution >= 4 is 46.1 Å². The molecule has 0 aliphatic heterocycles. The van der Waals surface area contributed by atoms with Gasteiger partial charge in [-0.05, 0) is 66.2 Å². The molecule has 2 nitrogen and oxygen atoms in total. The van der Waals surface area contributed by atoms with E-state index in [1.807, 2.05) is 48.5 Å². The summed E-state index contributed by atoms with van der Waals surface area (Å²) >= 11 is 9.13. The summed E-state index contributed by atoms with van der Waals surface area (Å²) in [4.78, 5) is 7.84. The second-order valence-corrected chi connectivity index (χ2v) is 4.28. The minimum absolute atomic E-state index is 0.824. The standard InChI is InChI=1S/C15H10N2S2/c18-10-16-14-5-1-12(2-6-14)9-13-3-7-15(8-4-13)17-11-19/h1-8H,9H2. The Labute approximate surface area is 122 Å². The Morgan fingerprint density at radius 2 is 1.05 bits per heavy atom. The van der Waals surface area contributed by atoms with Crippen LogP contribution >= 0.6 is 24.4 Å². The molecule has 0 N–H and O–H groups in total. The fourth-order valence-electron chi connectivity index (χ4n) is 1.72. The van der Waals surface area contributed by atoms with Gasteiger partial charge in [0.1, 0.15) is 0 Å². The minimum atomic E-state index is 0.824. The van der Waals surface area contributed by atoms with E-state index in [0.29, 0.717) is 0 Å². The highest BCUT2D eigenvalue weighted by molar-refractivity contribution is 7.78. The van der Waals surface area contributed by atoms with Crippen LogP contribution in [0.2, 0.25) is 0 Å². The number of hydrogen-bond donors (Lipinski definition) is 0. The average molecular weight is 282 g/mol. The maximum Gasteiger partial charge on any atom is 0.0739 e. The molecule has 0 heterocycles. The van der Waals surface area contributed by atoms with Crippen molar-refractivity contribution < 1.29 is 0 Å². The lowest BCUT2D eigenvalue weighted by Crippen LogP contribution is -1.86. The summed E-state index contributed by atoms with van der Waals surface area (Å²) in [5, 5.41) is 4.71. The van der Waals surface area contributed by atoms with Gasteiger partial charge in [-0.1, -0.05) is 24.3 Å². The molecule has 4 heteroatoms. The predicted octanol–water partition coefficient (Wildman–Crippen LogP) is 4.75. The summed E-state index contributed by atoms with van der Waals surface area (Å²) in [6.07, 6.45) is 0.864. The van der Waals surface area contributed by atoms with Gasteiger partial charge in [-0.3, -0.25) is 0 Å². The molecule has 2 rings (SSSR count). The number of nitrogens with zero attached hydrogens (tertiary/aromatic N) is 2. The fourth-order valence-corrected chi connectivity index (χ4v) is 1.93. The van der Waals surface area contributed by atoms with Crippen molar-refractivity contribution in [1.82, 2.24) is 0 Å². The Hall–Kier alpha value is -1.96. The number of thiocarbonyl (C=S) groups is 2. The molecule has 0 saturated carbocycles. The Kier molecular flexibility index (Phi) is 4.85. The Morgan fingerprint density at radius 3 is 1.37 bits per heavy atom. The van der Waals surface area contributed by atoms with Gasteiger partial charge in [0.05, 0.1) is 21.7 Å². The molecule has 2 aromatic rings. The molecule has 0 saturated heterocycles. The van der Waals surface area contributed by atoms with E-state index in [0.717, 1.165) is 17.8 Å². The molecule has 0 radical (unpaired) electrons. The molecular formula is C15H10N2S2. The normalized spacial score (nSPS) is 9.26. The van der Waals surface area contributed by atoms with Gasteiger partial charge in [0.25, 0.3) is 0 Å².